The molecule has 35 heavy (non-hydrogen) atoms. The van der Waals surface area contributed by atoms with Gasteiger partial charge < -0.3 is 25.2 Å². The SMILES string of the molecule is COc1ccc(NC(=O)Nc2ccc(-c3ccncc3)c3ccccc23)cc1N1CCN(C)CC1. The molecular weight excluding hydrogens is 438 g/mol. The highest BCUT2D eigenvalue weighted by atomic mass is 16.5. The number of anilines is 3. The summed E-state index contributed by atoms with van der Waals surface area (Å²) in [6.07, 6.45) is 3.57. The van der Waals surface area contributed by atoms with Crippen molar-refractivity contribution in [1.82, 2.24) is 9.88 Å². The molecule has 2 amide bonds. The summed E-state index contributed by atoms with van der Waals surface area (Å²) in [6, 6.07) is 21.5. The summed E-state index contributed by atoms with van der Waals surface area (Å²) in [4.78, 5) is 21.7. The second-order valence-electron chi connectivity index (χ2n) is 8.70. The fraction of sp³-hybridized carbons (Fsp3) is 0.214. The van der Waals surface area contributed by atoms with E-state index < -0.39 is 0 Å². The molecule has 0 atom stereocenters. The minimum Gasteiger partial charge on any atom is -0.495 e. The summed E-state index contributed by atoms with van der Waals surface area (Å²) in [5.74, 6) is 0.804. The molecule has 7 nitrogen and oxygen atoms in total. The lowest BCUT2D eigenvalue weighted by Gasteiger charge is -2.34. The third-order valence-electron chi connectivity index (χ3n) is 6.44. The summed E-state index contributed by atoms with van der Waals surface area (Å²) in [6.45, 7) is 3.81. The lowest BCUT2D eigenvalue weighted by atomic mass is 9.98. The fourth-order valence-electron chi connectivity index (χ4n) is 4.54. The number of hydrogen-bond acceptors (Lipinski definition) is 5. The topological polar surface area (TPSA) is 69.7 Å². The fourth-order valence-corrected chi connectivity index (χ4v) is 4.54. The standard InChI is InChI=1S/C28H29N5O2/c1-32-15-17-33(18-16-32)26-19-21(7-10-27(26)35-2)30-28(34)31-25-9-8-22(20-11-13-29-14-12-20)23-5-3-4-6-24(23)25/h3-14,19H,15-18H2,1-2H3,(H2,30,31,34). The van der Waals surface area contributed by atoms with Crippen LogP contribution in [0.2, 0.25) is 0 Å². The van der Waals surface area contributed by atoms with E-state index in [1.165, 1.54) is 0 Å². The number of aromatic nitrogens is 1. The molecule has 2 N–H and O–H groups in total. The smallest absolute Gasteiger partial charge is 0.323 e. The van der Waals surface area contributed by atoms with E-state index in [4.69, 9.17) is 4.74 Å². The highest BCUT2D eigenvalue weighted by Gasteiger charge is 2.19. The monoisotopic (exact) mass is 467 g/mol. The predicted molar refractivity (Wildman–Crippen MR) is 143 cm³/mol. The summed E-state index contributed by atoms with van der Waals surface area (Å²) in [5.41, 5.74) is 4.65. The number of pyridine rings is 1. The van der Waals surface area contributed by atoms with Crippen molar-refractivity contribution in [2.45, 2.75) is 0 Å². The molecule has 2 heterocycles. The summed E-state index contributed by atoms with van der Waals surface area (Å²) in [5, 5.41) is 8.07. The molecule has 1 saturated heterocycles. The van der Waals surface area contributed by atoms with Crippen molar-refractivity contribution in [2.75, 3.05) is 55.9 Å². The Morgan fingerprint density at radius 2 is 1.63 bits per heavy atom. The molecule has 1 fully saturated rings. The van der Waals surface area contributed by atoms with Gasteiger partial charge in [-0.05, 0) is 60.0 Å². The van der Waals surface area contributed by atoms with Crippen LogP contribution in [0.5, 0.6) is 5.75 Å². The number of piperazine rings is 1. The summed E-state index contributed by atoms with van der Waals surface area (Å²) >= 11 is 0. The van der Waals surface area contributed by atoms with Crippen LogP contribution in [0.4, 0.5) is 21.9 Å². The number of nitrogens with zero attached hydrogens (tertiary/aromatic N) is 3. The lowest BCUT2D eigenvalue weighted by Crippen LogP contribution is -2.44. The second-order valence-corrected chi connectivity index (χ2v) is 8.70. The van der Waals surface area contributed by atoms with Crippen LogP contribution >= 0.6 is 0 Å². The number of nitrogens with one attached hydrogen (secondary N) is 2. The van der Waals surface area contributed by atoms with Crippen LogP contribution in [0.15, 0.2) is 79.1 Å². The maximum atomic E-state index is 13.0. The van der Waals surface area contributed by atoms with Gasteiger partial charge in [0.2, 0.25) is 0 Å². The third kappa shape index (κ3) is 4.90. The molecule has 3 aromatic carbocycles. The Morgan fingerprint density at radius 1 is 0.886 bits per heavy atom. The summed E-state index contributed by atoms with van der Waals surface area (Å²) < 4.78 is 5.59. The van der Waals surface area contributed by atoms with Gasteiger partial charge in [-0.1, -0.05) is 30.3 Å². The van der Waals surface area contributed by atoms with Crippen molar-refractivity contribution in [2.24, 2.45) is 0 Å². The van der Waals surface area contributed by atoms with Gasteiger partial charge >= 0.3 is 6.03 Å². The Balaban J connectivity index is 1.37. The molecule has 0 spiro atoms. The first-order chi connectivity index (χ1) is 17.1. The van der Waals surface area contributed by atoms with Gasteiger partial charge in [0.05, 0.1) is 18.5 Å². The minimum atomic E-state index is -0.290. The Kier molecular flexibility index (Phi) is 6.50. The number of methoxy groups -OCH3 is 1. The molecule has 0 bridgehead atoms. The number of hydrogen-bond donors (Lipinski definition) is 2. The zero-order valence-corrected chi connectivity index (χ0v) is 20.0. The minimum absolute atomic E-state index is 0.290. The first-order valence-electron chi connectivity index (χ1n) is 11.7. The van der Waals surface area contributed by atoms with Gasteiger partial charge in [0.15, 0.2) is 0 Å². The van der Waals surface area contributed by atoms with Crippen molar-refractivity contribution in [1.29, 1.82) is 0 Å². The molecule has 5 rings (SSSR count). The number of carbonyl (C=O) groups is 1. The molecule has 0 aliphatic carbocycles. The Hall–Kier alpha value is -4.10. The molecule has 7 heteroatoms. The maximum Gasteiger partial charge on any atom is 0.323 e. The molecule has 0 radical (unpaired) electrons. The van der Waals surface area contributed by atoms with Crippen molar-refractivity contribution < 1.29 is 9.53 Å². The van der Waals surface area contributed by atoms with E-state index in [9.17, 15) is 4.79 Å². The average Bonchev–Trinajstić information content (AvgIpc) is 2.90. The molecule has 1 aromatic heterocycles. The first-order valence-corrected chi connectivity index (χ1v) is 11.7. The van der Waals surface area contributed by atoms with Gasteiger partial charge in [0, 0.05) is 49.6 Å². The number of amides is 2. The first kappa shape index (κ1) is 22.7. The van der Waals surface area contributed by atoms with Crippen LogP contribution in [0.3, 0.4) is 0 Å². The van der Waals surface area contributed by atoms with Gasteiger partial charge in [0.25, 0.3) is 0 Å². The molecule has 4 aromatic rings. The Morgan fingerprint density at radius 3 is 2.37 bits per heavy atom. The van der Waals surface area contributed by atoms with Crippen molar-refractivity contribution in [3.05, 3.63) is 79.1 Å². The molecule has 0 unspecified atom stereocenters. The summed E-state index contributed by atoms with van der Waals surface area (Å²) in [7, 11) is 3.81. The molecule has 1 aliphatic heterocycles. The maximum absolute atomic E-state index is 13.0. The number of likely N-dealkylation sites (N-methyl/N-ethyl adjacent to an activating group) is 1. The van der Waals surface area contributed by atoms with Gasteiger partial charge in [-0.15, -0.1) is 0 Å². The lowest BCUT2D eigenvalue weighted by molar-refractivity contribution is 0.262. The number of carbonyl (C=O) groups excluding carboxylic acids is 1. The molecule has 1 aliphatic rings. The zero-order chi connectivity index (χ0) is 24.2. The van der Waals surface area contributed by atoms with E-state index in [-0.39, 0.29) is 6.03 Å². The zero-order valence-electron chi connectivity index (χ0n) is 20.0. The molecule has 178 valence electrons. The van der Waals surface area contributed by atoms with Crippen LogP contribution in [0.25, 0.3) is 21.9 Å². The Labute approximate surface area is 205 Å². The van der Waals surface area contributed by atoms with E-state index in [1.54, 1.807) is 19.5 Å². The second kappa shape index (κ2) is 10.0. The largest absolute Gasteiger partial charge is 0.495 e. The van der Waals surface area contributed by atoms with E-state index >= 15 is 0 Å². The van der Waals surface area contributed by atoms with E-state index in [0.29, 0.717) is 0 Å². The van der Waals surface area contributed by atoms with Crippen LogP contribution in [-0.2, 0) is 0 Å². The normalized spacial score (nSPS) is 14.1. The van der Waals surface area contributed by atoms with Crippen LogP contribution in [-0.4, -0.2) is 56.3 Å². The average molecular weight is 468 g/mol. The number of rotatable bonds is 5. The number of urea groups is 1. The van der Waals surface area contributed by atoms with Gasteiger partial charge in [-0.2, -0.15) is 0 Å². The van der Waals surface area contributed by atoms with Gasteiger partial charge in [0.1, 0.15) is 5.75 Å². The highest BCUT2D eigenvalue weighted by Crippen LogP contribution is 2.34. The van der Waals surface area contributed by atoms with E-state index in [1.807, 2.05) is 60.7 Å². The molecular formula is C28H29N5O2. The van der Waals surface area contributed by atoms with E-state index in [0.717, 1.165) is 70.9 Å². The number of benzene rings is 3. The highest BCUT2D eigenvalue weighted by molar-refractivity contribution is 6.09. The van der Waals surface area contributed by atoms with E-state index in [2.05, 4.69) is 38.5 Å². The number of fused-ring (bicyclic) bond motifs is 1. The molecule has 0 saturated carbocycles. The van der Waals surface area contributed by atoms with Gasteiger partial charge in [-0.3, -0.25) is 4.98 Å². The third-order valence-corrected chi connectivity index (χ3v) is 6.44. The van der Waals surface area contributed by atoms with Crippen molar-refractivity contribution in [3.63, 3.8) is 0 Å². The predicted octanol–water partition coefficient (Wildman–Crippen LogP) is 5.31. The van der Waals surface area contributed by atoms with Crippen LogP contribution in [0, 0.1) is 0 Å². The van der Waals surface area contributed by atoms with Gasteiger partial charge in [-0.25, -0.2) is 4.79 Å². The van der Waals surface area contributed by atoms with Crippen LogP contribution < -0.4 is 20.3 Å². The van der Waals surface area contributed by atoms with Crippen molar-refractivity contribution >= 4 is 33.9 Å². The van der Waals surface area contributed by atoms with Crippen LogP contribution in [0.1, 0.15) is 0 Å². The van der Waals surface area contributed by atoms with Crippen molar-refractivity contribution in [3.8, 4) is 16.9 Å². The number of ether oxygens (including phenoxy) is 1. The quantitative estimate of drug-likeness (QED) is 0.417. The Bertz CT molecular complexity index is 1330.